The molecule has 0 aromatic rings. The zero-order valence-corrected chi connectivity index (χ0v) is 9.29. The number of ether oxygens (including phenoxy) is 1. The summed E-state index contributed by atoms with van der Waals surface area (Å²) in [5.74, 6) is -0.106. The van der Waals surface area contributed by atoms with Gasteiger partial charge in [0.15, 0.2) is 0 Å². The molecule has 1 fully saturated rings. The molecule has 0 aromatic heterocycles. The van der Waals surface area contributed by atoms with Crippen molar-refractivity contribution in [3.63, 3.8) is 0 Å². The Morgan fingerprint density at radius 3 is 1.64 bits per heavy atom. The largest absolute Gasteiger partial charge is 0.393 e. The fourth-order valence-corrected chi connectivity index (χ4v) is 2.28. The number of rotatable bonds is 2. The van der Waals surface area contributed by atoms with E-state index < -0.39 is 0 Å². The first-order valence-corrected chi connectivity index (χ1v) is 5.12. The molecular formula is C11H18O3. The van der Waals surface area contributed by atoms with E-state index in [9.17, 15) is 9.59 Å². The van der Waals surface area contributed by atoms with Crippen molar-refractivity contribution in [3.8, 4) is 0 Å². The highest BCUT2D eigenvalue weighted by molar-refractivity contribution is 5.89. The van der Waals surface area contributed by atoms with E-state index in [-0.39, 0.29) is 17.4 Å². The van der Waals surface area contributed by atoms with Gasteiger partial charge in [-0.05, 0) is 17.3 Å². The van der Waals surface area contributed by atoms with Gasteiger partial charge in [0, 0.05) is 0 Å². The highest BCUT2D eigenvalue weighted by Crippen LogP contribution is 2.45. The molecule has 1 saturated heterocycles. The SMILES string of the molecule is CC(C)C1(C(C)C)CC(=O)OC(=O)C1. The van der Waals surface area contributed by atoms with Crippen molar-refractivity contribution in [3.05, 3.63) is 0 Å². The lowest BCUT2D eigenvalue weighted by molar-refractivity contribution is -0.173. The van der Waals surface area contributed by atoms with Gasteiger partial charge in [-0.3, -0.25) is 9.59 Å². The topological polar surface area (TPSA) is 43.4 Å². The molecule has 1 heterocycles. The minimum absolute atomic E-state index is 0.202. The van der Waals surface area contributed by atoms with Crippen LogP contribution >= 0.6 is 0 Å². The minimum atomic E-state index is -0.372. The Morgan fingerprint density at radius 2 is 1.36 bits per heavy atom. The summed E-state index contributed by atoms with van der Waals surface area (Å²) < 4.78 is 4.56. The molecule has 1 aliphatic heterocycles. The summed E-state index contributed by atoms with van der Waals surface area (Å²) in [4.78, 5) is 22.5. The lowest BCUT2D eigenvalue weighted by atomic mass is 9.64. The van der Waals surface area contributed by atoms with Gasteiger partial charge in [-0.25, -0.2) is 0 Å². The molecule has 0 spiro atoms. The summed E-state index contributed by atoms with van der Waals surface area (Å²) in [5, 5.41) is 0. The third-order valence-electron chi connectivity index (χ3n) is 3.47. The maximum Gasteiger partial charge on any atom is 0.314 e. The highest BCUT2D eigenvalue weighted by atomic mass is 16.6. The molecule has 0 radical (unpaired) electrons. The number of hydrogen-bond donors (Lipinski definition) is 0. The van der Waals surface area contributed by atoms with Crippen molar-refractivity contribution < 1.29 is 14.3 Å². The van der Waals surface area contributed by atoms with Gasteiger partial charge in [0.25, 0.3) is 0 Å². The zero-order valence-electron chi connectivity index (χ0n) is 9.29. The van der Waals surface area contributed by atoms with Crippen molar-refractivity contribution >= 4 is 11.9 Å². The fraction of sp³-hybridized carbons (Fsp3) is 0.818. The lowest BCUT2D eigenvalue weighted by Gasteiger charge is -2.42. The summed E-state index contributed by atoms with van der Waals surface area (Å²) in [6.45, 7) is 8.25. The lowest BCUT2D eigenvalue weighted by Crippen LogP contribution is -2.43. The second kappa shape index (κ2) is 3.71. The molecule has 1 rings (SSSR count). The van der Waals surface area contributed by atoms with Crippen LogP contribution in [0, 0.1) is 17.3 Å². The molecule has 0 amide bonds. The van der Waals surface area contributed by atoms with Crippen molar-refractivity contribution in [1.29, 1.82) is 0 Å². The Labute approximate surface area is 84.8 Å². The molecule has 1 aliphatic rings. The fourth-order valence-electron chi connectivity index (χ4n) is 2.28. The van der Waals surface area contributed by atoms with Crippen molar-refractivity contribution in [2.45, 2.75) is 40.5 Å². The van der Waals surface area contributed by atoms with Crippen LogP contribution in [-0.4, -0.2) is 11.9 Å². The number of hydrogen-bond acceptors (Lipinski definition) is 3. The van der Waals surface area contributed by atoms with Crippen LogP contribution in [0.2, 0.25) is 0 Å². The highest BCUT2D eigenvalue weighted by Gasteiger charge is 2.45. The average Bonchev–Trinajstić information content (AvgIpc) is 2.01. The Bertz CT molecular complexity index is 227. The molecule has 0 atom stereocenters. The van der Waals surface area contributed by atoms with Gasteiger partial charge in [0.2, 0.25) is 0 Å². The van der Waals surface area contributed by atoms with Crippen molar-refractivity contribution in [1.82, 2.24) is 0 Å². The van der Waals surface area contributed by atoms with Gasteiger partial charge in [0.1, 0.15) is 0 Å². The molecule has 80 valence electrons. The maximum absolute atomic E-state index is 11.3. The van der Waals surface area contributed by atoms with Crippen molar-refractivity contribution in [2.75, 3.05) is 0 Å². The molecule has 0 aliphatic carbocycles. The molecule has 0 aromatic carbocycles. The standard InChI is InChI=1S/C11H18O3/c1-7(2)11(8(3)4)5-9(12)14-10(13)6-11/h7-8H,5-6H2,1-4H3. The Morgan fingerprint density at radius 1 is 1.00 bits per heavy atom. The maximum atomic E-state index is 11.3. The Kier molecular flexibility index (Phi) is 2.98. The molecule has 14 heavy (non-hydrogen) atoms. The molecule has 0 unspecified atom stereocenters. The van der Waals surface area contributed by atoms with Crippen LogP contribution in [0.25, 0.3) is 0 Å². The predicted molar refractivity (Wildman–Crippen MR) is 52.4 cm³/mol. The normalized spacial score (nSPS) is 21.6. The molecule has 0 saturated carbocycles. The van der Waals surface area contributed by atoms with Crippen LogP contribution in [0.15, 0.2) is 0 Å². The minimum Gasteiger partial charge on any atom is -0.393 e. The first-order chi connectivity index (χ1) is 6.38. The van der Waals surface area contributed by atoms with Crippen LogP contribution in [-0.2, 0) is 14.3 Å². The number of carbonyl (C=O) groups excluding carboxylic acids is 2. The number of cyclic esters (lactones) is 2. The van der Waals surface area contributed by atoms with E-state index >= 15 is 0 Å². The van der Waals surface area contributed by atoms with Gasteiger partial charge in [-0.15, -0.1) is 0 Å². The zero-order chi connectivity index (χ0) is 10.9. The first-order valence-electron chi connectivity index (χ1n) is 5.12. The number of esters is 2. The second-order valence-electron chi connectivity index (χ2n) is 4.74. The van der Waals surface area contributed by atoms with E-state index in [1.165, 1.54) is 0 Å². The Hall–Kier alpha value is -0.860. The second-order valence-corrected chi connectivity index (χ2v) is 4.74. The van der Waals surface area contributed by atoms with E-state index in [2.05, 4.69) is 32.4 Å². The van der Waals surface area contributed by atoms with E-state index in [4.69, 9.17) is 0 Å². The van der Waals surface area contributed by atoms with E-state index in [0.717, 1.165) is 0 Å². The van der Waals surface area contributed by atoms with Crippen molar-refractivity contribution in [2.24, 2.45) is 17.3 Å². The van der Waals surface area contributed by atoms with Gasteiger partial charge >= 0.3 is 11.9 Å². The summed E-state index contributed by atoms with van der Waals surface area (Å²) in [5.41, 5.74) is -0.202. The summed E-state index contributed by atoms with van der Waals surface area (Å²) in [7, 11) is 0. The van der Waals surface area contributed by atoms with E-state index in [1.807, 2.05) is 0 Å². The van der Waals surface area contributed by atoms with Gasteiger partial charge < -0.3 is 4.74 Å². The van der Waals surface area contributed by atoms with Crippen LogP contribution in [0.1, 0.15) is 40.5 Å². The monoisotopic (exact) mass is 198 g/mol. The molecule has 0 N–H and O–H groups in total. The Balaban J connectivity index is 2.97. The molecule has 0 bridgehead atoms. The van der Waals surface area contributed by atoms with Gasteiger partial charge in [0.05, 0.1) is 12.8 Å². The molecule has 3 nitrogen and oxygen atoms in total. The van der Waals surface area contributed by atoms with Gasteiger partial charge in [-0.2, -0.15) is 0 Å². The third kappa shape index (κ3) is 1.81. The van der Waals surface area contributed by atoms with E-state index in [0.29, 0.717) is 24.7 Å². The smallest absolute Gasteiger partial charge is 0.314 e. The number of carbonyl (C=O) groups is 2. The average molecular weight is 198 g/mol. The van der Waals surface area contributed by atoms with Crippen LogP contribution in [0.3, 0.4) is 0 Å². The quantitative estimate of drug-likeness (QED) is 0.504. The van der Waals surface area contributed by atoms with E-state index in [1.54, 1.807) is 0 Å². The van der Waals surface area contributed by atoms with Gasteiger partial charge in [-0.1, -0.05) is 27.7 Å². The van der Waals surface area contributed by atoms with Crippen LogP contribution in [0.4, 0.5) is 0 Å². The third-order valence-corrected chi connectivity index (χ3v) is 3.47. The summed E-state index contributed by atoms with van der Waals surface area (Å²) in [6.07, 6.45) is 0.738. The first kappa shape index (κ1) is 11.2. The summed E-state index contributed by atoms with van der Waals surface area (Å²) >= 11 is 0. The molecule has 3 heteroatoms. The predicted octanol–water partition coefficient (Wildman–Crippen LogP) is 2.15. The molecular weight excluding hydrogens is 180 g/mol. The summed E-state index contributed by atoms with van der Waals surface area (Å²) in [6, 6.07) is 0. The van der Waals surface area contributed by atoms with Crippen LogP contribution < -0.4 is 0 Å². The van der Waals surface area contributed by atoms with Crippen LogP contribution in [0.5, 0.6) is 0 Å².